The van der Waals surface area contributed by atoms with Gasteiger partial charge < -0.3 is 10.0 Å². The summed E-state index contributed by atoms with van der Waals surface area (Å²) in [5.41, 5.74) is 3.78. The van der Waals surface area contributed by atoms with Gasteiger partial charge in [-0.25, -0.2) is 0 Å². The van der Waals surface area contributed by atoms with Crippen LogP contribution in [0.4, 0.5) is 0 Å². The number of piperidine rings is 1. The van der Waals surface area contributed by atoms with E-state index in [0.29, 0.717) is 13.1 Å². The van der Waals surface area contributed by atoms with Crippen LogP contribution in [0.5, 0.6) is 0 Å². The lowest BCUT2D eigenvalue weighted by Crippen LogP contribution is -2.47. The van der Waals surface area contributed by atoms with E-state index in [-0.39, 0.29) is 17.9 Å². The average molecular weight is 370 g/mol. The first-order chi connectivity index (χ1) is 13.0. The molecule has 0 aliphatic carbocycles. The van der Waals surface area contributed by atoms with Crippen LogP contribution in [0.1, 0.15) is 59.9 Å². The number of benzene rings is 1. The van der Waals surface area contributed by atoms with Gasteiger partial charge in [-0.3, -0.25) is 9.48 Å². The summed E-state index contributed by atoms with van der Waals surface area (Å²) in [5, 5.41) is 14.4. The van der Waals surface area contributed by atoms with Crippen LogP contribution >= 0.6 is 0 Å². The molecule has 1 fully saturated rings. The minimum atomic E-state index is -0.135. The smallest absolute Gasteiger partial charge is 0.253 e. The number of nitrogens with zero attached hydrogens (tertiary/aromatic N) is 3. The summed E-state index contributed by atoms with van der Waals surface area (Å²) in [6.45, 7) is 8.42. The van der Waals surface area contributed by atoms with Crippen molar-refractivity contribution in [3.63, 3.8) is 0 Å². The third-order valence-corrected chi connectivity index (χ3v) is 5.67. The van der Waals surface area contributed by atoms with E-state index < -0.39 is 0 Å². The Morgan fingerprint density at radius 2 is 2.11 bits per heavy atom. The van der Waals surface area contributed by atoms with Gasteiger partial charge in [-0.15, -0.1) is 0 Å². The number of rotatable bonds is 6. The standard InChI is InChI=1S/C22H31N3O2/c1-4-9-22(16-26)10-6-11-24(15-22)21(27)20-8-5-7-19(13-20)14-25-18(3)12-17(2)23-25/h5,7-8,12-13,26H,4,6,9-11,14-16H2,1-3H3. The van der Waals surface area contributed by atoms with Crippen LogP contribution in [0.25, 0.3) is 0 Å². The van der Waals surface area contributed by atoms with Crippen molar-refractivity contribution in [2.24, 2.45) is 5.41 Å². The summed E-state index contributed by atoms with van der Waals surface area (Å²) in [6, 6.07) is 9.92. The first-order valence-electron chi connectivity index (χ1n) is 9.96. The Balaban J connectivity index is 1.76. The van der Waals surface area contributed by atoms with E-state index in [1.807, 2.05) is 47.7 Å². The number of aromatic nitrogens is 2. The highest BCUT2D eigenvalue weighted by Crippen LogP contribution is 2.34. The molecule has 1 amide bonds. The maximum atomic E-state index is 13.1. The summed E-state index contributed by atoms with van der Waals surface area (Å²) < 4.78 is 1.97. The van der Waals surface area contributed by atoms with Crippen molar-refractivity contribution >= 4 is 5.91 Å². The lowest BCUT2D eigenvalue weighted by molar-refractivity contribution is 0.0222. The minimum Gasteiger partial charge on any atom is -0.396 e. The van der Waals surface area contributed by atoms with Gasteiger partial charge in [-0.05, 0) is 56.9 Å². The molecule has 5 heteroatoms. The van der Waals surface area contributed by atoms with E-state index in [2.05, 4.69) is 18.1 Å². The number of aryl methyl sites for hydroxylation is 2. The maximum absolute atomic E-state index is 13.1. The third-order valence-electron chi connectivity index (χ3n) is 5.67. The van der Waals surface area contributed by atoms with Gasteiger partial charge in [0.05, 0.1) is 18.8 Å². The second-order valence-electron chi connectivity index (χ2n) is 8.02. The Kier molecular flexibility index (Phi) is 6.00. The summed E-state index contributed by atoms with van der Waals surface area (Å²) >= 11 is 0. The number of amides is 1. The highest BCUT2D eigenvalue weighted by molar-refractivity contribution is 5.94. The predicted octanol–water partition coefficient (Wildman–Crippen LogP) is 3.56. The summed E-state index contributed by atoms with van der Waals surface area (Å²) in [4.78, 5) is 15.0. The van der Waals surface area contributed by atoms with E-state index in [0.717, 1.165) is 54.7 Å². The van der Waals surface area contributed by atoms with Crippen LogP contribution in [0.3, 0.4) is 0 Å². The van der Waals surface area contributed by atoms with E-state index in [1.165, 1.54) is 0 Å². The van der Waals surface area contributed by atoms with Crippen molar-refractivity contribution in [1.82, 2.24) is 14.7 Å². The van der Waals surface area contributed by atoms with Crippen molar-refractivity contribution in [3.8, 4) is 0 Å². The van der Waals surface area contributed by atoms with Crippen LogP contribution in [-0.4, -0.2) is 45.4 Å². The molecule has 1 aromatic carbocycles. The fourth-order valence-electron chi connectivity index (χ4n) is 4.32. The van der Waals surface area contributed by atoms with Gasteiger partial charge in [0, 0.05) is 29.8 Å². The molecule has 146 valence electrons. The molecule has 2 heterocycles. The molecule has 5 nitrogen and oxygen atoms in total. The Bertz CT molecular complexity index is 795. The molecule has 1 aliphatic heterocycles. The molecule has 0 radical (unpaired) electrons. The van der Waals surface area contributed by atoms with Crippen molar-refractivity contribution in [2.45, 2.75) is 53.0 Å². The maximum Gasteiger partial charge on any atom is 0.253 e. The molecule has 1 saturated heterocycles. The molecular formula is C22H31N3O2. The monoisotopic (exact) mass is 369 g/mol. The molecule has 0 bridgehead atoms. The van der Waals surface area contributed by atoms with Gasteiger partial charge in [0.25, 0.3) is 5.91 Å². The number of hydrogen-bond donors (Lipinski definition) is 1. The Hall–Kier alpha value is -2.14. The van der Waals surface area contributed by atoms with Crippen molar-refractivity contribution < 1.29 is 9.90 Å². The number of carbonyl (C=O) groups is 1. The molecule has 1 unspecified atom stereocenters. The van der Waals surface area contributed by atoms with Crippen molar-refractivity contribution in [3.05, 3.63) is 52.8 Å². The molecule has 0 spiro atoms. The van der Waals surface area contributed by atoms with Gasteiger partial charge in [0.2, 0.25) is 0 Å². The number of carbonyl (C=O) groups excluding carboxylic acids is 1. The van der Waals surface area contributed by atoms with Gasteiger partial charge in [-0.2, -0.15) is 5.10 Å². The number of aliphatic hydroxyl groups is 1. The predicted molar refractivity (Wildman–Crippen MR) is 107 cm³/mol. The second kappa shape index (κ2) is 8.26. The lowest BCUT2D eigenvalue weighted by Gasteiger charge is -2.42. The zero-order valence-electron chi connectivity index (χ0n) is 16.7. The largest absolute Gasteiger partial charge is 0.396 e. The minimum absolute atomic E-state index is 0.0684. The van der Waals surface area contributed by atoms with Gasteiger partial charge in [0.15, 0.2) is 0 Å². The van der Waals surface area contributed by atoms with E-state index in [9.17, 15) is 9.90 Å². The number of hydrogen-bond acceptors (Lipinski definition) is 3. The lowest BCUT2D eigenvalue weighted by atomic mass is 9.77. The van der Waals surface area contributed by atoms with Gasteiger partial charge in [-0.1, -0.05) is 25.5 Å². The zero-order valence-corrected chi connectivity index (χ0v) is 16.7. The molecule has 3 rings (SSSR count). The first kappa shape index (κ1) is 19.6. The molecular weight excluding hydrogens is 338 g/mol. The Morgan fingerprint density at radius 1 is 1.30 bits per heavy atom. The van der Waals surface area contributed by atoms with Crippen LogP contribution in [0.2, 0.25) is 0 Å². The van der Waals surface area contributed by atoms with E-state index in [1.54, 1.807) is 0 Å². The molecule has 0 saturated carbocycles. The molecule has 1 atom stereocenters. The highest BCUT2D eigenvalue weighted by atomic mass is 16.3. The van der Waals surface area contributed by atoms with Crippen LogP contribution in [-0.2, 0) is 6.54 Å². The normalized spacial score (nSPS) is 20.1. The zero-order chi connectivity index (χ0) is 19.4. The van der Waals surface area contributed by atoms with E-state index in [4.69, 9.17) is 0 Å². The van der Waals surface area contributed by atoms with Gasteiger partial charge >= 0.3 is 0 Å². The van der Waals surface area contributed by atoms with Crippen molar-refractivity contribution in [1.29, 1.82) is 0 Å². The van der Waals surface area contributed by atoms with Crippen molar-refractivity contribution in [2.75, 3.05) is 19.7 Å². The highest BCUT2D eigenvalue weighted by Gasteiger charge is 2.36. The second-order valence-corrected chi connectivity index (χ2v) is 8.02. The first-order valence-corrected chi connectivity index (χ1v) is 9.96. The van der Waals surface area contributed by atoms with E-state index >= 15 is 0 Å². The SMILES string of the molecule is CCCC1(CO)CCCN(C(=O)c2cccc(Cn3nc(C)cc3C)c2)C1. The molecule has 1 aliphatic rings. The molecule has 1 aromatic heterocycles. The van der Waals surface area contributed by atoms with Crippen LogP contribution < -0.4 is 0 Å². The summed E-state index contributed by atoms with van der Waals surface area (Å²) in [5.74, 6) is 0.0684. The van der Waals surface area contributed by atoms with Gasteiger partial charge in [0.1, 0.15) is 0 Å². The summed E-state index contributed by atoms with van der Waals surface area (Å²) in [7, 11) is 0. The summed E-state index contributed by atoms with van der Waals surface area (Å²) in [6.07, 6.45) is 3.95. The third kappa shape index (κ3) is 4.41. The topological polar surface area (TPSA) is 58.4 Å². The Morgan fingerprint density at radius 3 is 2.78 bits per heavy atom. The molecule has 1 N–H and O–H groups in total. The van der Waals surface area contributed by atoms with Crippen LogP contribution in [0, 0.1) is 19.3 Å². The number of likely N-dealkylation sites (tertiary alicyclic amines) is 1. The number of aliphatic hydroxyl groups excluding tert-OH is 1. The Labute approximate surface area is 162 Å². The average Bonchev–Trinajstić information content (AvgIpc) is 2.98. The fraction of sp³-hybridized carbons (Fsp3) is 0.545. The molecule has 2 aromatic rings. The quantitative estimate of drug-likeness (QED) is 0.847. The molecule has 27 heavy (non-hydrogen) atoms. The fourth-order valence-corrected chi connectivity index (χ4v) is 4.32. The van der Waals surface area contributed by atoms with Crippen LogP contribution in [0.15, 0.2) is 30.3 Å².